The van der Waals surface area contributed by atoms with Crippen molar-refractivity contribution in [3.63, 3.8) is 0 Å². The first-order chi connectivity index (χ1) is 11.8. The fourth-order valence-electron chi connectivity index (χ4n) is 3.61. The van der Waals surface area contributed by atoms with E-state index in [1.807, 2.05) is 0 Å². The third kappa shape index (κ3) is 5.16. The lowest BCUT2D eigenvalue weighted by Gasteiger charge is -2.33. The van der Waals surface area contributed by atoms with Crippen molar-refractivity contribution < 1.29 is 9.53 Å². The fourth-order valence-corrected chi connectivity index (χ4v) is 3.61. The van der Waals surface area contributed by atoms with Gasteiger partial charge in [-0.05, 0) is 32.2 Å². The molecule has 2 aliphatic heterocycles. The van der Waals surface area contributed by atoms with Gasteiger partial charge in [-0.3, -0.25) is 14.7 Å². The lowest BCUT2D eigenvalue weighted by atomic mass is 9.99. The number of hydrogen-bond acceptors (Lipinski definition) is 5. The van der Waals surface area contributed by atoms with E-state index in [2.05, 4.69) is 19.8 Å². The van der Waals surface area contributed by atoms with E-state index in [4.69, 9.17) is 4.74 Å². The van der Waals surface area contributed by atoms with E-state index in [0.717, 1.165) is 51.9 Å². The van der Waals surface area contributed by atoms with Crippen LogP contribution in [-0.4, -0.2) is 65.0 Å². The highest BCUT2D eigenvalue weighted by Crippen LogP contribution is 2.18. The predicted octanol–water partition coefficient (Wildman–Crippen LogP) is 1.97. The fraction of sp³-hybridized carbons (Fsp3) is 0.722. The summed E-state index contributed by atoms with van der Waals surface area (Å²) in [6, 6.07) is 0. The van der Waals surface area contributed by atoms with E-state index < -0.39 is 0 Å². The molecule has 1 amide bonds. The highest BCUT2D eigenvalue weighted by atomic mass is 16.5. The number of nitrogens with zero attached hydrogens (tertiary/aromatic N) is 4. The molecular formula is C18H28N4O2. The van der Waals surface area contributed by atoms with Gasteiger partial charge in [0.05, 0.1) is 19.3 Å². The molecule has 0 spiro atoms. The Kier molecular flexibility index (Phi) is 6.41. The SMILES string of the molecule is O=C(CN1CCCC(COc2cnccn2)C1)N1CCCCCC1. The predicted molar refractivity (Wildman–Crippen MR) is 91.7 cm³/mol. The second-order valence-electron chi connectivity index (χ2n) is 6.89. The van der Waals surface area contributed by atoms with Gasteiger partial charge >= 0.3 is 0 Å². The van der Waals surface area contributed by atoms with Crippen LogP contribution >= 0.6 is 0 Å². The van der Waals surface area contributed by atoms with Crippen LogP contribution in [0.15, 0.2) is 18.6 Å². The smallest absolute Gasteiger partial charge is 0.236 e. The molecule has 2 fully saturated rings. The monoisotopic (exact) mass is 332 g/mol. The number of amides is 1. The Labute approximate surface area is 144 Å². The first-order valence-corrected chi connectivity index (χ1v) is 9.20. The van der Waals surface area contributed by atoms with Gasteiger partial charge in [-0.25, -0.2) is 4.98 Å². The quantitative estimate of drug-likeness (QED) is 0.825. The van der Waals surface area contributed by atoms with Crippen LogP contribution in [0.3, 0.4) is 0 Å². The molecule has 6 nitrogen and oxygen atoms in total. The Balaban J connectivity index is 1.43. The Morgan fingerprint density at radius 1 is 1.12 bits per heavy atom. The lowest BCUT2D eigenvalue weighted by Crippen LogP contribution is -2.45. The number of ether oxygens (including phenoxy) is 1. The summed E-state index contributed by atoms with van der Waals surface area (Å²) in [6.45, 7) is 5.02. The van der Waals surface area contributed by atoms with Gasteiger partial charge in [0.1, 0.15) is 0 Å². The van der Waals surface area contributed by atoms with E-state index in [-0.39, 0.29) is 0 Å². The molecule has 2 aliphatic rings. The van der Waals surface area contributed by atoms with Gasteiger partial charge in [-0.1, -0.05) is 12.8 Å². The number of rotatable bonds is 5. The molecule has 1 aromatic rings. The molecule has 1 atom stereocenters. The second kappa shape index (κ2) is 8.97. The molecule has 1 aromatic heterocycles. The molecule has 6 heteroatoms. The van der Waals surface area contributed by atoms with Crippen molar-refractivity contribution in [3.8, 4) is 5.88 Å². The summed E-state index contributed by atoms with van der Waals surface area (Å²) in [5.74, 6) is 1.33. The molecule has 2 saturated heterocycles. The highest BCUT2D eigenvalue weighted by molar-refractivity contribution is 5.78. The minimum Gasteiger partial charge on any atom is -0.476 e. The van der Waals surface area contributed by atoms with Gasteiger partial charge in [-0.2, -0.15) is 0 Å². The van der Waals surface area contributed by atoms with Crippen LogP contribution in [-0.2, 0) is 4.79 Å². The Hall–Kier alpha value is -1.69. The van der Waals surface area contributed by atoms with Crippen LogP contribution in [0.5, 0.6) is 5.88 Å². The zero-order valence-electron chi connectivity index (χ0n) is 14.4. The Bertz CT molecular complexity index is 503. The van der Waals surface area contributed by atoms with Crippen molar-refractivity contribution in [2.45, 2.75) is 38.5 Å². The summed E-state index contributed by atoms with van der Waals surface area (Å²) < 4.78 is 5.74. The maximum atomic E-state index is 12.5. The number of carbonyl (C=O) groups is 1. The van der Waals surface area contributed by atoms with Gasteiger partial charge in [-0.15, -0.1) is 0 Å². The minimum atomic E-state index is 0.299. The van der Waals surface area contributed by atoms with Crippen LogP contribution in [0.1, 0.15) is 38.5 Å². The van der Waals surface area contributed by atoms with Crippen molar-refractivity contribution >= 4 is 5.91 Å². The average Bonchev–Trinajstić information content (AvgIpc) is 2.91. The van der Waals surface area contributed by atoms with Gasteiger partial charge in [0.25, 0.3) is 0 Å². The molecule has 24 heavy (non-hydrogen) atoms. The highest BCUT2D eigenvalue weighted by Gasteiger charge is 2.24. The molecule has 132 valence electrons. The van der Waals surface area contributed by atoms with E-state index in [0.29, 0.717) is 30.9 Å². The minimum absolute atomic E-state index is 0.299. The number of aromatic nitrogens is 2. The first kappa shape index (κ1) is 17.1. The Morgan fingerprint density at radius 2 is 1.96 bits per heavy atom. The van der Waals surface area contributed by atoms with Gasteiger partial charge < -0.3 is 9.64 Å². The largest absolute Gasteiger partial charge is 0.476 e. The normalized spacial score (nSPS) is 22.8. The van der Waals surface area contributed by atoms with E-state index >= 15 is 0 Å². The van der Waals surface area contributed by atoms with E-state index in [9.17, 15) is 4.79 Å². The van der Waals surface area contributed by atoms with Crippen LogP contribution in [0.4, 0.5) is 0 Å². The molecule has 0 bridgehead atoms. The molecule has 0 radical (unpaired) electrons. The standard InChI is InChI=1S/C18H28N4O2/c23-18(22-10-3-1-2-4-11-22)14-21-9-5-6-16(13-21)15-24-17-12-19-7-8-20-17/h7-8,12,16H,1-6,9-11,13-15H2. The molecule has 1 unspecified atom stereocenters. The topological polar surface area (TPSA) is 58.6 Å². The number of hydrogen-bond donors (Lipinski definition) is 0. The molecular weight excluding hydrogens is 304 g/mol. The third-order valence-electron chi connectivity index (χ3n) is 4.93. The van der Waals surface area contributed by atoms with Gasteiger partial charge in [0, 0.05) is 37.9 Å². The van der Waals surface area contributed by atoms with Crippen molar-refractivity contribution in [2.24, 2.45) is 5.92 Å². The van der Waals surface area contributed by atoms with Crippen LogP contribution in [0, 0.1) is 5.92 Å². The van der Waals surface area contributed by atoms with Crippen LogP contribution in [0.25, 0.3) is 0 Å². The average molecular weight is 332 g/mol. The molecule has 3 rings (SSSR count). The number of carbonyl (C=O) groups excluding carboxylic acids is 1. The Morgan fingerprint density at radius 3 is 2.71 bits per heavy atom. The molecule has 0 aromatic carbocycles. The summed E-state index contributed by atoms with van der Waals surface area (Å²) in [7, 11) is 0. The van der Waals surface area contributed by atoms with Crippen molar-refractivity contribution in [2.75, 3.05) is 39.3 Å². The van der Waals surface area contributed by atoms with Gasteiger partial charge in [0.15, 0.2) is 0 Å². The molecule has 0 saturated carbocycles. The summed E-state index contributed by atoms with van der Waals surface area (Å²) in [5, 5.41) is 0. The zero-order valence-corrected chi connectivity index (χ0v) is 14.4. The maximum absolute atomic E-state index is 12.5. The summed E-state index contributed by atoms with van der Waals surface area (Å²) in [6.07, 6.45) is 12.0. The molecule has 0 aliphatic carbocycles. The van der Waals surface area contributed by atoms with Crippen molar-refractivity contribution in [3.05, 3.63) is 18.6 Å². The van der Waals surface area contributed by atoms with E-state index in [1.165, 1.54) is 12.8 Å². The van der Waals surface area contributed by atoms with Crippen molar-refractivity contribution in [1.29, 1.82) is 0 Å². The van der Waals surface area contributed by atoms with E-state index in [1.54, 1.807) is 18.6 Å². The number of piperidine rings is 1. The van der Waals surface area contributed by atoms with Gasteiger partial charge in [0.2, 0.25) is 11.8 Å². The molecule has 0 N–H and O–H groups in total. The summed E-state index contributed by atoms with van der Waals surface area (Å²) in [5.41, 5.74) is 0. The maximum Gasteiger partial charge on any atom is 0.236 e. The number of likely N-dealkylation sites (tertiary alicyclic amines) is 2. The lowest BCUT2D eigenvalue weighted by molar-refractivity contribution is -0.132. The zero-order chi connectivity index (χ0) is 16.6. The van der Waals surface area contributed by atoms with Crippen molar-refractivity contribution in [1.82, 2.24) is 19.8 Å². The first-order valence-electron chi connectivity index (χ1n) is 9.20. The second-order valence-corrected chi connectivity index (χ2v) is 6.89. The third-order valence-corrected chi connectivity index (χ3v) is 4.93. The summed E-state index contributed by atoms with van der Waals surface area (Å²) in [4.78, 5) is 25.1. The van der Waals surface area contributed by atoms with Crippen LogP contribution < -0.4 is 4.74 Å². The van der Waals surface area contributed by atoms with Crippen LogP contribution in [0.2, 0.25) is 0 Å². The molecule has 3 heterocycles. The summed E-state index contributed by atoms with van der Waals surface area (Å²) >= 11 is 0.